The van der Waals surface area contributed by atoms with E-state index in [1.807, 2.05) is 0 Å². The standard InChI is InChI=1S/C16H21NO/c1-12(18-2)7-10-16(17)15-9-8-13-5-3-4-6-14(13)11-15/h3-6,8-9,11-12,16H,7,10,17H2,1-2H3. The van der Waals surface area contributed by atoms with Crippen molar-refractivity contribution in [3.8, 4) is 0 Å². The largest absolute Gasteiger partial charge is 0.382 e. The van der Waals surface area contributed by atoms with Crippen LogP contribution in [0.15, 0.2) is 42.5 Å². The van der Waals surface area contributed by atoms with Crippen molar-refractivity contribution in [2.75, 3.05) is 7.11 Å². The van der Waals surface area contributed by atoms with Crippen LogP contribution in [-0.2, 0) is 4.74 Å². The third-order valence-electron chi connectivity index (χ3n) is 3.49. The summed E-state index contributed by atoms with van der Waals surface area (Å²) in [5.74, 6) is 0. The van der Waals surface area contributed by atoms with Gasteiger partial charge in [0.15, 0.2) is 0 Å². The molecule has 0 spiro atoms. The molecule has 2 unspecified atom stereocenters. The van der Waals surface area contributed by atoms with Gasteiger partial charge in [-0.05, 0) is 42.2 Å². The van der Waals surface area contributed by atoms with Gasteiger partial charge in [0.05, 0.1) is 6.10 Å². The summed E-state index contributed by atoms with van der Waals surface area (Å²) in [7, 11) is 1.74. The Morgan fingerprint density at radius 1 is 1.06 bits per heavy atom. The van der Waals surface area contributed by atoms with Gasteiger partial charge in [0.1, 0.15) is 0 Å². The van der Waals surface area contributed by atoms with Gasteiger partial charge in [-0.15, -0.1) is 0 Å². The van der Waals surface area contributed by atoms with Crippen LogP contribution in [0.1, 0.15) is 31.4 Å². The van der Waals surface area contributed by atoms with Gasteiger partial charge in [0, 0.05) is 13.2 Å². The van der Waals surface area contributed by atoms with Crippen molar-refractivity contribution < 1.29 is 4.74 Å². The van der Waals surface area contributed by atoms with Crippen molar-refractivity contribution in [3.05, 3.63) is 48.0 Å². The van der Waals surface area contributed by atoms with Crippen LogP contribution in [0.5, 0.6) is 0 Å². The monoisotopic (exact) mass is 243 g/mol. The quantitative estimate of drug-likeness (QED) is 0.870. The Bertz CT molecular complexity index is 509. The summed E-state index contributed by atoms with van der Waals surface area (Å²) in [5, 5.41) is 2.52. The van der Waals surface area contributed by atoms with Crippen molar-refractivity contribution in [2.45, 2.75) is 31.9 Å². The number of rotatable bonds is 5. The molecule has 2 nitrogen and oxygen atoms in total. The zero-order valence-electron chi connectivity index (χ0n) is 11.1. The molecule has 0 saturated carbocycles. The molecule has 2 heteroatoms. The van der Waals surface area contributed by atoms with Gasteiger partial charge in [-0.3, -0.25) is 0 Å². The van der Waals surface area contributed by atoms with Crippen LogP contribution >= 0.6 is 0 Å². The molecule has 2 rings (SSSR count). The number of benzene rings is 2. The molecule has 0 aliphatic carbocycles. The summed E-state index contributed by atoms with van der Waals surface area (Å²) in [6.45, 7) is 2.08. The van der Waals surface area contributed by atoms with Crippen LogP contribution in [0.2, 0.25) is 0 Å². The first kappa shape index (κ1) is 13.1. The van der Waals surface area contributed by atoms with Crippen LogP contribution in [0.25, 0.3) is 10.8 Å². The Morgan fingerprint density at radius 3 is 2.50 bits per heavy atom. The van der Waals surface area contributed by atoms with Crippen molar-refractivity contribution in [1.29, 1.82) is 0 Å². The maximum Gasteiger partial charge on any atom is 0.0543 e. The van der Waals surface area contributed by atoms with Gasteiger partial charge in [-0.2, -0.15) is 0 Å². The molecule has 0 amide bonds. The number of ether oxygens (including phenoxy) is 1. The minimum atomic E-state index is 0.0900. The van der Waals surface area contributed by atoms with Crippen molar-refractivity contribution in [3.63, 3.8) is 0 Å². The summed E-state index contributed by atoms with van der Waals surface area (Å²) in [5.41, 5.74) is 7.44. The molecular weight excluding hydrogens is 222 g/mol. The van der Waals surface area contributed by atoms with E-state index in [1.165, 1.54) is 16.3 Å². The van der Waals surface area contributed by atoms with Crippen LogP contribution in [0, 0.1) is 0 Å². The van der Waals surface area contributed by atoms with Crippen molar-refractivity contribution >= 4 is 10.8 Å². The van der Waals surface area contributed by atoms with Gasteiger partial charge in [-0.1, -0.05) is 36.4 Å². The predicted octanol–water partition coefficient (Wildman–Crippen LogP) is 3.65. The lowest BCUT2D eigenvalue weighted by molar-refractivity contribution is 0.107. The second-order valence-corrected chi connectivity index (χ2v) is 4.84. The number of hydrogen-bond donors (Lipinski definition) is 1. The molecule has 0 heterocycles. The molecule has 0 saturated heterocycles. The minimum Gasteiger partial charge on any atom is -0.382 e. The van der Waals surface area contributed by atoms with E-state index >= 15 is 0 Å². The SMILES string of the molecule is COC(C)CCC(N)c1ccc2ccccc2c1. The molecule has 2 atom stereocenters. The first-order valence-electron chi connectivity index (χ1n) is 6.48. The Hall–Kier alpha value is -1.38. The number of hydrogen-bond acceptors (Lipinski definition) is 2. The fourth-order valence-electron chi connectivity index (χ4n) is 2.14. The summed E-state index contributed by atoms with van der Waals surface area (Å²) < 4.78 is 5.25. The first-order chi connectivity index (χ1) is 8.70. The molecule has 2 aromatic rings. The summed E-state index contributed by atoms with van der Waals surface area (Å²) in [4.78, 5) is 0. The van der Waals surface area contributed by atoms with Crippen LogP contribution in [0.3, 0.4) is 0 Å². The van der Waals surface area contributed by atoms with Gasteiger partial charge in [0.2, 0.25) is 0 Å². The highest BCUT2D eigenvalue weighted by molar-refractivity contribution is 5.83. The fraction of sp³-hybridized carbons (Fsp3) is 0.375. The van der Waals surface area contributed by atoms with E-state index in [-0.39, 0.29) is 12.1 Å². The van der Waals surface area contributed by atoms with E-state index in [9.17, 15) is 0 Å². The average molecular weight is 243 g/mol. The summed E-state index contributed by atoms with van der Waals surface area (Å²) in [6, 6.07) is 14.9. The van der Waals surface area contributed by atoms with E-state index in [1.54, 1.807) is 7.11 Å². The fourth-order valence-corrected chi connectivity index (χ4v) is 2.14. The Morgan fingerprint density at radius 2 is 1.78 bits per heavy atom. The second kappa shape index (κ2) is 5.98. The minimum absolute atomic E-state index is 0.0900. The van der Waals surface area contributed by atoms with E-state index in [0.717, 1.165) is 12.8 Å². The maximum absolute atomic E-state index is 6.23. The molecule has 96 valence electrons. The van der Waals surface area contributed by atoms with Crippen molar-refractivity contribution in [1.82, 2.24) is 0 Å². The first-order valence-corrected chi connectivity index (χ1v) is 6.48. The van der Waals surface area contributed by atoms with E-state index in [0.29, 0.717) is 0 Å². The van der Waals surface area contributed by atoms with Crippen LogP contribution in [0.4, 0.5) is 0 Å². The topological polar surface area (TPSA) is 35.2 Å². The molecule has 0 radical (unpaired) electrons. The van der Waals surface area contributed by atoms with Gasteiger partial charge in [0.25, 0.3) is 0 Å². The summed E-state index contributed by atoms with van der Waals surface area (Å²) in [6.07, 6.45) is 2.22. The number of fused-ring (bicyclic) bond motifs is 1. The predicted molar refractivity (Wildman–Crippen MR) is 76.6 cm³/mol. The number of nitrogens with two attached hydrogens (primary N) is 1. The van der Waals surface area contributed by atoms with Crippen molar-refractivity contribution in [2.24, 2.45) is 5.73 Å². The van der Waals surface area contributed by atoms with E-state index in [2.05, 4.69) is 49.4 Å². The molecule has 0 bridgehead atoms. The van der Waals surface area contributed by atoms with E-state index in [4.69, 9.17) is 10.5 Å². The molecule has 2 aromatic carbocycles. The number of methoxy groups -OCH3 is 1. The zero-order valence-corrected chi connectivity index (χ0v) is 11.1. The smallest absolute Gasteiger partial charge is 0.0543 e. The molecular formula is C16H21NO. The zero-order chi connectivity index (χ0) is 13.0. The van der Waals surface area contributed by atoms with E-state index < -0.39 is 0 Å². The highest BCUT2D eigenvalue weighted by Gasteiger charge is 2.09. The molecule has 0 fully saturated rings. The molecule has 18 heavy (non-hydrogen) atoms. The lowest BCUT2D eigenvalue weighted by Crippen LogP contribution is -2.14. The lowest BCUT2D eigenvalue weighted by atomic mass is 9.98. The van der Waals surface area contributed by atoms with Gasteiger partial charge < -0.3 is 10.5 Å². The van der Waals surface area contributed by atoms with Crippen LogP contribution < -0.4 is 5.73 Å². The second-order valence-electron chi connectivity index (χ2n) is 4.84. The Balaban J connectivity index is 2.10. The molecule has 0 aliphatic rings. The van der Waals surface area contributed by atoms with Crippen LogP contribution in [-0.4, -0.2) is 13.2 Å². The Kier molecular flexibility index (Phi) is 4.34. The Labute approximate surface area is 109 Å². The molecule has 0 aliphatic heterocycles. The normalized spacial score (nSPS) is 14.6. The van der Waals surface area contributed by atoms with Gasteiger partial charge >= 0.3 is 0 Å². The lowest BCUT2D eigenvalue weighted by Gasteiger charge is -2.15. The third-order valence-corrected chi connectivity index (χ3v) is 3.49. The molecule has 0 aromatic heterocycles. The highest BCUT2D eigenvalue weighted by atomic mass is 16.5. The average Bonchev–Trinajstić information content (AvgIpc) is 2.43. The highest BCUT2D eigenvalue weighted by Crippen LogP contribution is 2.22. The van der Waals surface area contributed by atoms with Gasteiger partial charge in [-0.25, -0.2) is 0 Å². The molecule has 2 N–H and O–H groups in total. The third kappa shape index (κ3) is 3.09. The summed E-state index contributed by atoms with van der Waals surface area (Å²) >= 11 is 0. The maximum atomic E-state index is 6.23.